The summed E-state index contributed by atoms with van der Waals surface area (Å²) in [6.45, 7) is 7.77. The third kappa shape index (κ3) is 3.81. The van der Waals surface area contributed by atoms with E-state index in [1.807, 2.05) is 18.2 Å². The molecule has 4 aromatic rings. The van der Waals surface area contributed by atoms with Gasteiger partial charge in [-0.1, -0.05) is 42.5 Å². The fourth-order valence-electron chi connectivity index (χ4n) is 4.73. The van der Waals surface area contributed by atoms with Gasteiger partial charge in [-0.3, -0.25) is 10.3 Å². The van der Waals surface area contributed by atoms with Crippen molar-refractivity contribution in [1.82, 2.24) is 4.98 Å². The molecule has 0 aliphatic carbocycles. The fraction of sp³-hybridized carbons (Fsp3) is 0.308. The summed E-state index contributed by atoms with van der Waals surface area (Å²) < 4.78 is 7.71. The first-order valence-corrected chi connectivity index (χ1v) is 11.3. The van der Waals surface area contributed by atoms with Gasteiger partial charge in [0.25, 0.3) is 0 Å². The Bertz CT molecular complexity index is 1280. The Labute approximate surface area is 188 Å². The van der Waals surface area contributed by atoms with Gasteiger partial charge in [0.1, 0.15) is 48.8 Å². The molecule has 0 unspecified atom stereocenters. The number of fused-ring (bicyclic) bond motifs is 3. The van der Waals surface area contributed by atoms with E-state index >= 15 is 0 Å². The molecule has 162 valence electrons. The van der Waals surface area contributed by atoms with Crippen LogP contribution in [0, 0.1) is 18.3 Å². The van der Waals surface area contributed by atoms with E-state index in [4.69, 9.17) is 4.74 Å². The number of hydrogen-bond donors (Lipinski definition) is 3. The largest absolute Gasteiger partial charge is 0.370 e. The number of pyridine rings is 1. The highest BCUT2D eigenvalue weighted by atomic mass is 16.5. The zero-order valence-corrected chi connectivity index (χ0v) is 18.4. The van der Waals surface area contributed by atoms with Crippen molar-refractivity contribution in [1.29, 1.82) is 5.26 Å². The Morgan fingerprint density at radius 1 is 1.09 bits per heavy atom. The first-order valence-electron chi connectivity index (χ1n) is 11.3. The van der Waals surface area contributed by atoms with Gasteiger partial charge in [0.2, 0.25) is 11.5 Å². The number of nitrogens with one attached hydrogen (secondary N) is 3. The first kappa shape index (κ1) is 20.5. The average Bonchev–Trinajstić information content (AvgIpc) is 3.21. The molecule has 2 aromatic heterocycles. The standard InChI is InChI=1S/C26H27N5O/c1-19-21(17-20-7-3-2-4-8-20)25(28-11-12-30-13-15-32-16-14-30)31-24-10-6-5-9-23(24)29-26(31)22(19)18-27/h2-10H,11-17H2,1H3,(H,28,29)/p+2. The minimum atomic E-state index is 0.705. The molecule has 32 heavy (non-hydrogen) atoms. The highest BCUT2D eigenvalue weighted by Crippen LogP contribution is 2.27. The summed E-state index contributed by atoms with van der Waals surface area (Å²) in [5.41, 5.74) is 7.11. The van der Waals surface area contributed by atoms with Gasteiger partial charge in [-0.15, -0.1) is 0 Å². The topological polar surface area (TPSA) is 69.4 Å². The van der Waals surface area contributed by atoms with Crippen LogP contribution in [0.4, 0.5) is 5.82 Å². The van der Waals surface area contributed by atoms with Gasteiger partial charge in [-0.25, -0.2) is 0 Å². The van der Waals surface area contributed by atoms with Crippen molar-refractivity contribution in [3.8, 4) is 6.07 Å². The lowest BCUT2D eigenvalue weighted by Crippen LogP contribution is -3.14. The summed E-state index contributed by atoms with van der Waals surface area (Å²) >= 11 is 0. The summed E-state index contributed by atoms with van der Waals surface area (Å²) in [6, 6.07) is 21.2. The van der Waals surface area contributed by atoms with Crippen molar-refractivity contribution in [2.24, 2.45) is 0 Å². The molecule has 0 saturated carbocycles. The molecule has 0 spiro atoms. The number of morpholine rings is 1. The van der Waals surface area contributed by atoms with Crippen LogP contribution in [0.2, 0.25) is 0 Å². The summed E-state index contributed by atoms with van der Waals surface area (Å²) in [7, 11) is 0. The molecular formula is C26H29N5O+2. The predicted octanol–water partition coefficient (Wildman–Crippen LogP) is 2.00. The Morgan fingerprint density at radius 2 is 1.84 bits per heavy atom. The zero-order chi connectivity index (χ0) is 21.9. The molecule has 3 heterocycles. The second-order valence-corrected chi connectivity index (χ2v) is 8.47. The number of aromatic amines is 1. The number of anilines is 1. The van der Waals surface area contributed by atoms with Crippen LogP contribution in [0.25, 0.3) is 16.7 Å². The van der Waals surface area contributed by atoms with Gasteiger partial charge in [0.15, 0.2) is 0 Å². The van der Waals surface area contributed by atoms with Crippen molar-refractivity contribution in [3.63, 3.8) is 0 Å². The number of hydrogen-bond acceptors (Lipinski definition) is 3. The number of ether oxygens (including phenoxy) is 1. The highest BCUT2D eigenvalue weighted by molar-refractivity contribution is 5.78. The van der Waals surface area contributed by atoms with E-state index in [9.17, 15) is 5.26 Å². The molecule has 1 fully saturated rings. The second kappa shape index (κ2) is 8.99. The van der Waals surface area contributed by atoms with Crippen molar-refractivity contribution in [2.75, 3.05) is 44.7 Å². The average molecular weight is 428 g/mol. The lowest BCUT2D eigenvalue weighted by molar-refractivity contribution is -0.906. The zero-order valence-electron chi connectivity index (χ0n) is 18.4. The molecule has 5 rings (SSSR count). The molecular weight excluding hydrogens is 398 g/mol. The molecule has 1 aliphatic heterocycles. The van der Waals surface area contributed by atoms with Gasteiger partial charge >= 0.3 is 0 Å². The minimum absolute atomic E-state index is 0.705. The van der Waals surface area contributed by atoms with E-state index in [0.717, 1.165) is 73.9 Å². The van der Waals surface area contributed by atoms with Crippen LogP contribution in [-0.4, -0.2) is 44.4 Å². The fourth-order valence-corrected chi connectivity index (χ4v) is 4.73. The molecule has 0 radical (unpaired) electrons. The Hall–Kier alpha value is -3.40. The van der Waals surface area contributed by atoms with Crippen LogP contribution >= 0.6 is 0 Å². The van der Waals surface area contributed by atoms with Crippen molar-refractivity contribution >= 4 is 22.5 Å². The van der Waals surface area contributed by atoms with Crippen LogP contribution in [0.15, 0.2) is 54.6 Å². The first-order chi connectivity index (χ1) is 15.8. The van der Waals surface area contributed by atoms with Crippen LogP contribution < -0.4 is 14.6 Å². The van der Waals surface area contributed by atoms with E-state index in [-0.39, 0.29) is 0 Å². The number of aromatic nitrogens is 2. The minimum Gasteiger partial charge on any atom is -0.370 e. The molecule has 6 heteroatoms. The van der Waals surface area contributed by atoms with E-state index in [2.05, 4.69) is 64.1 Å². The maximum Gasteiger partial charge on any atom is 0.250 e. The molecule has 0 bridgehead atoms. The van der Waals surface area contributed by atoms with E-state index in [0.29, 0.717) is 5.56 Å². The van der Waals surface area contributed by atoms with Gasteiger partial charge in [0, 0.05) is 12.0 Å². The summed E-state index contributed by atoms with van der Waals surface area (Å²) in [4.78, 5) is 5.06. The molecule has 2 aromatic carbocycles. The summed E-state index contributed by atoms with van der Waals surface area (Å²) in [6.07, 6.45) is 0.774. The van der Waals surface area contributed by atoms with Crippen LogP contribution in [0.3, 0.4) is 0 Å². The summed E-state index contributed by atoms with van der Waals surface area (Å²) in [5.74, 6) is 1.07. The number of nitriles is 1. The molecule has 1 saturated heterocycles. The molecule has 6 nitrogen and oxygen atoms in total. The second-order valence-electron chi connectivity index (χ2n) is 8.47. The third-order valence-corrected chi connectivity index (χ3v) is 6.50. The maximum absolute atomic E-state index is 10.1. The van der Waals surface area contributed by atoms with Crippen LogP contribution in [-0.2, 0) is 11.2 Å². The maximum atomic E-state index is 10.1. The number of benzene rings is 2. The van der Waals surface area contributed by atoms with Crippen molar-refractivity contribution in [2.45, 2.75) is 13.3 Å². The Morgan fingerprint density at radius 3 is 2.62 bits per heavy atom. The van der Waals surface area contributed by atoms with Gasteiger partial charge < -0.3 is 9.64 Å². The lowest BCUT2D eigenvalue weighted by atomic mass is 9.98. The lowest BCUT2D eigenvalue weighted by Gasteiger charge is -2.23. The molecule has 3 N–H and O–H groups in total. The van der Waals surface area contributed by atoms with E-state index in [1.54, 1.807) is 4.90 Å². The number of quaternary nitrogens is 1. The number of H-pyrrole nitrogens is 1. The number of nitrogens with zero attached hydrogens (tertiary/aromatic N) is 2. The SMILES string of the molecule is Cc1c(Cc2ccccc2)c(NCC[NH+]2CCOCC2)[n+]2c([nH]c3ccccc32)c1C#N. The summed E-state index contributed by atoms with van der Waals surface area (Å²) in [5, 5.41) is 13.8. The molecule has 0 amide bonds. The van der Waals surface area contributed by atoms with E-state index in [1.165, 1.54) is 11.1 Å². The van der Waals surface area contributed by atoms with Crippen molar-refractivity contribution < 1.29 is 14.0 Å². The predicted molar refractivity (Wildman–Crippen MR) is 125 cm³/mol. The quantitative estimate of drug-likeness (QED) is 0.412. The van der Waals surface area contributed by atoms with Crippen LogP contribution in [0.5, 0.6) is 0 Å². The Balaban J connectivity index is 1.63. The Kier molecular flexibility index (Phi) is 5.76. The number of rotatable bonds is 6. The van der Waals surface area contributed by atoms with Gasteiger partial charge in [-0.2, -0.15) is 9.66 Å². The molecule has 1 aliphatic rings. The molecule has 0 atom stereocenters. The monoisotopic (exact) mass is 427 g/mol. The third-order valence-electron chi connectivity index (χ3n) is 6.50. The van der Waals surface area contributed by atoms with E-state index < -0.39 is 0 Å². The number of imidazole rings is 1. The smallest absolute Gasteiger partial charge is 0.250 e. The highest BCUT2D eigenvalue weighted by Gasteiger charge is 2.26. The van der Waals surface area contributed by atoms with Crippen molar-refractivity contribution in [3.05, 3.63) is 76.9 Å². The normalized spacial score (nSPS) is 14.6. The van der Waals surface area contributed by atoms with Gasteiger partial charge in [0.05, 0.1) is 13.2 Å². The number of para-hydroxylation sites is 2. The van der Waals surface area contributed by atoms with Crippen LogP contribution in [0.1, 0.15) is 22.3 Å². The van der Waals surface area contributed by atoms with Gasteiger partial charge in [-0.05, 0) is 30.2 Å².